The Hall–Kier alpha value is -3.21. The Balaban J connectivity index is 1.70. The summed E-state index contributed by atoms with van der Waals surface area (Å²) in [6.07, 6.45) is 0. The van der Waals surface area contributed by atoms with E-state index in [4.69, 9.17) is 9.88 Å². The third-order valence-electron chi connectivity index (χ3n) is 4.43. The molecule has 0 aliphatic carbocycles. The third-order valence-corrected chi connectivity index (χ3v) is 6.44. The van der Waals surface area contributed by atoms with Crippen LogP contribution in [0.15, 0.2) is 71.6 Å². The van der Waals surface area contributed by atoms with Gasteiger partial charge in [-0.1, -0.05) is 12.1 Å². The lowest BCUT2D eigenvalue weighted by Crippen LogP contribution is -2.11. The molecule has 1 aromatic heterocycles. The van der Waals surface area contributed by atoms with Crippen molar-refractivity contribution in [2.45, 2.75) is 11.5 Å². The van der Waals surface area contributed by atoms with Crippen molar-refractivity contribution in [3.05, 3.63) is 89.2 Å². The molecule has 32 heavy (non-hydrogen) atoms. The molecule has 0 unspecified atom stereocenters. The largest absolute Gasteiger partial charge is 0.486 e. The van der Waals surface area contributed by atoms with E-state index < -0.39 is 27.5 Å². The number of hydrogen-bond donors (Lipinski definition) is 1. The Morgan fingerprint density at radius 2 is 1.44 bits per heavy atom. The van der Waals surface area contributed by atoms with Crippen molar-refractivity contribution in [2.75, 3.05) is 0 Å². The zero-order chi connectivity index (χ0) is 22.9. The smallest absolute Gasteiger partial charge is 0.238 e. The summed E-state index contributed by atoms with van der Waals surface area (Å²) in [5.41, 5.74) is 1.83. The maximum Gasteiger partial charge on any atom is 0.238 e. The number of hydrogen-bond acceptors (Lipinski definition) is 5. The Bertz CT molecular complexity index is 1350. The molecule has 4 rings (SSSR count). The van der Waals surface area contributed by atoms with E-state index in [0.29, 0.717) is 26.7 Å². The number of rotatable bonds is 6. The van der Waals surface area contributed by atoms with Crippen LogP contribution in [0.25, 0.3) is 21.7 Å². The molecule has 5 nitrogen and oxygen atoms in total. The summed E-state index contributed by atoms with van der Waals surface area (Å²) in [5.74, 6) is -1.91. The van der Waals surface area contributed by atoms with Crippen molar-refractivity contribution < 1.29 is 26.3 Å². The van der Waals surface area contributed by atoms with E-state index in [1.165, 1.54) is 35.6 Å². The van der Waals surface area contributed by atoms with Crippen molar-refractivity contribution in [2.24, 2.45) is 5.14 Å². The van der Waals surface area contributed by atoms with E-state index in [1.807, 2.05) is 0 Å². The fourth-order valence-electron chi connectivity index (χ4n) is 2.98. The SMILES string of the molecule is NS(=O)(=O)c1ccc(-c2sc(COc3cc(F)cc(F)c3)nc2-c2ccc(F)cc2)cc1. The van der Waals surface area contributed by atoms with Gasteiger partial charge in [-0.15, -0.1) is 11.3 Å². The predicted octanol–water partition coefficient (Wildman–Crippen LogP) is 5.12. The fraction of sp³-hybridized carbons (Fsp3) is 0.0455. The number of primary sulfonamides is 1. The molecule has 0 radical (unpaired) electrons. The standard InChI is InChI=1S/C22H15F3N2O3S2/c23-15-5-1-13(2-6-15)21-22(14-3-7-19(8-4-14)32(26,28)29)31-20(27-21)12-30-18-10-16(24)9-17(25)11-18/h1-11H,12H2,(H2,26,28,29). The zero-order valence-corrected chi connectivity index (χ0v) is 17.9. The number of halogens is 3. The average Bonchev–Trinajstić information content (AvgIpc) is 3.16. The number of thiazole rings is 1. The highest BCUT2D eigenvalue weighted by atomic mass is 32.2. The summed E-state index contributed by atoms with van der Waals surface area (Å²) in [6, 6.07) is 14.5. The monoisotopic (exact) mass is 476 g/mol. The van der Waals surface area contributed by atoms with Gasteiger partial charge in [-0.05, 0) is 42.0 Å². The molecule has 0 saturated heterocycles. The van der Waals surface area contributed by atoms with Crippen LogP contribution in [-0.2, 0) is 16.6 Å². The molecule has 0 aliphatic heterocycles. The van der Waals surface area contributed by atoms with Crippen LogP contribution in [0.2, 0.25) is 0 Å². The summed E-state index contributed by atoms with van der Waals surface area (Å²) in [4.78, 5) is 5.20. The van der Waals surface area contributed by atoms with Gasteiger partial charge in [-0.25, -0.2) is 31.7 Å². The van der Waals surface area contributed by atoms with Crippen LogP contribution < -0.4 is 9.88 Å². The lowest BCUT2D eigenvalue weighted by molar-refractivity contribution is 0.302. The molecule has 3 aromatic carbocycles. The summed E-state index contributed by atoms with van der Waals surface area (Å²) in [5, 5.41) is 5.66. The first kappa shape index (κ1) is 22.0. The third kappa shape index (κ3) is 4.98. The molecule has 0 atom stereocenters. The number of nitrogens with two attached hydrogens (primary N) is 1. The van der Waals surface area contributed by atoms with Crippen LogP contribution in [0, 0.1) is 17.5 Å². The first-order valence-corrected chi connectivity index (χ1v) is 11.5. The van der Waals surface area contributed by atoms with Gasteiger partial charge in [0.25, 0.3) is 0 Å². The van der Waals surface area contributed by atoms with Crippen molar-refractivity contribution >= 4 is 21.4 Å². The molecule has 0 bridgehead atoms. The molecule has 0 fully saturated rings. The molecule has 1 heterocycles. The maximum absolute atomic E-state index is 13.4. The molecule has 164 valence electrons. The van der Waals surface area contributed by atoms with Crippen molar-refractivity contribution in [1.82, 2.24) is 4.98 Å². The lowest BCUT2D eigenvalue weighted by atomic mass is 10.1. The Labute approximate surface area is 186 Å². The van der Waals surface area contributed by atoms with Gasteiger partial charge in [0, 0.05) is 23.8 Å². The van der Waals surface area contributed by atoms with Crippen LogP contribution in [0.3, 0.4) is 0 Å². The Morgan fingerprint density at radius 1 is 0.844 bits per heavy atom. The van der Waals surface area contributed by atoms with Gasteiger partial charge in [0.1, 0.15) is 34.8 Å². The van der Waals surface area contributed by atoms with E-state index in [9.17, 15) is 21.6 Å². The number of benzene rings is 3. The van der Waals surface area contributed by atoms with E-state index >= 15 is 0 Å². The average molecular weight is 477 g/mol. The summed E-state index contributed by atoms with van der Waals surface area (Å²) < 4.78 is 68.7. The summed E-state index contributed by atoms with van der Waals surface area (Å²) >= 11 is 1.25. The second kappa shape index (κ2) is 8.73. The van der Waals surface area contributed by atoms with Gasteiger partial charge in [-0.2, -0.15) is 0 Å². The number of sulfonamides is 1. The van der Waals surface area contributed by atoms with Crippen molar-refractivity contribution in [3.8, 4) is 27.4 Å². The molecule has 0 spiro atoms. The molecule has 4 aromatic rings. The fourth-order valence-corrected chi connectivity index (χ4v) is 4.50. The minimum atomic E-state index is -3.85. The molecule has 0 aliphatic rings. The summed E-state index contributed by atoms with van der Waals surface area (Å²) in [6.45, 7) is -0.0585. The maximum atomic E-state index is 13.4. The molecule has 2 N–H and O–H groups in total. The van der Waals surface area contributed by atoms with Gasteiger partial charge >= 0.3 is 0 Å². The second-order valence-electron chi connectivity index (χ2n) is 6.76. The minimum Gasteiger partial charge on any atom is -0.486 e. The van der Waals surface area contributed by atoms with Crippen LogP contribution in [0.1, 0.15) is 5.01 Å². The zero-order valence-electron chi connectivity index (χ0n) is 16.3. The number of aromatic nitrogens is 1. The van der Waals surface area contributed by atoms with Crippen LogP contribution >= 0.6 is 11.3 Å². The highest BCUT2D eigenvalue weighted by molar-refractivity contribution is 7.89. The molecular weight excluding hydrogens is 461 g/mol. The topological polar surface area (TPSA) is 82.3 Å². The molecule has 10 heteroatoms. The predicted molar refractivity (Wildman–Crippen MR) is 115 cm³/mol. The minimum absolute atomic E-state index is 0.0140. The first-order chi connectivity index (χ1) is 15.2. The van der Waals surface area contributed by atoms with E-state index in [-0.39, 0.29) is 17.3 Å². The van der Waals surface area contributed by atoms with Gasteiger partial charge in [0.2, 0.25) is 10.0 Å². The van der Waals surface area contributed by atoms with Crippen LogP contribution in [0.5, 0.6) is 5.75 Å². The van der Waals surface area contributed by atoms with Crippen molar-refractivity contribution in [3.63, 3.8) is 0 Å². The highest BCUT2D eigenvalue weighted by Crippen LogP contribution is 2.37. The number of nitrogens with zero attached hydrogens (tertiary/aromatic N) is 1. The molecular formula is C22H15F3N2O3S2. The van der Waals surface area contributed by atoms with Crippen molar-refractivity contribution in [1.29, 1.82) is 0 Å². The van der Waals surface area contributed by atoms with Gasteiger partial charge < -0.3 is 4.74 Å². The summed E-state index contributed by atoms with van der Waals surface area (Å²) in [7, 11) is -3.85. The van der Waals surface area contributed by atoms with E-state index in [2.05, 4.69) is 4.98 Å². The van der Waals surface area contributed by atoms with Crippen LogP contribution in [-0.4, -0.2) is 13.4 Å². The van der Waals surface area contributed by atoms with Crippen LogP contribution in [0.4, 0.5) is 13.2 Å². The second-order valence-corrected chi connectivity index (χ2v) is 9.40. The van der Waals surface area contributed by atoms with Gasteiger partial charge in [-0.3, -0.25) is 0 Å². The molecule has 0 amide bonds. The molecule has 0 saturated carbocycles. The first-order valence-electron chi connectivity index (χ1n) is 9.17. The number of ether oxygens (including phenoxy) is 1. The van der Waals surface area contributed by atoms with E-state index in [0.717, 1.165) is 18.2 Å². The quantitative estimate of drug-likeness (QED) is 0.419. The lowest BCUT2D eigenvalue weighted by Gasteiger charge is -2.04. The normalized spacial score (nSPS) is 11.5. The van der Waals surface area contributed by atoms with Gasteiger partial charge in [0.15, 0.2) is 0 Å². The van der Waals surface area contributed by atoms with E-state index in [1.54, 1.807) is 24.3 Å². The van der Waals surface area contributed by atoms with Gasteiger partial charge in [0.05, 0.1) is 15.5 Å². The Morgan fingerprint density at radius 3 is 2.03 bits per heavy atom. The highest BCUT2D eigenvalue weighted by Gasteiger charge is 2.17. The Kier molecular flexibility index (Phi) is 6.00.